The Kier molecular flexibility index (Phi) is 5.02. The minimum atomic E-state index is -2.48. The first-order chi connectivity index (χ1) is 8.06. The van der Waals surface area contributed by atoms with Crippen molar-refractivity contribution in [2.24, 2.45) is 0 Å². The molecule has 0 bridgehead atoms. The lowest BCUT2D eigenvalue weighted by molar-refractivity contribution is 0.152. The van der Waals surface area contributed by atoms with Crippen molar-refractivity contribution in [1.29, 1.82) is 0 Å². The van der Waals surface area contributed by atoms with Gasteiger partial charge in [-0.1, -0.05) is 0 Å². The summed E-state index contributed by atoms with van der Waals surface area (Å²) in [5.41, 5.74) is 0.677. The molecule has 0 amide bonds. The zero-order valence-electron chi connectivity index (χ0n) is 9.82. The van der Waals surface area contributed by atoms with E-state index in [2.05, 4.69) is 15.3 Å². The Morgan fingerprint density at radius 1 is 1.47 bits per heavy atom. The number of nitrogens with one attached hydrogen (secondary N) is 1. The van der Waals surface area contributed by atoms with Gasteiger partial charge in [0.25, 0.3) is 6.43 Å². The van der Waals surface area contributed by atoms with Crippen LogP contribution in [0.25, 0.3) is 0 Å². The molecule has 0 aliphatic rings. The second-order valence-electron chi connectivity index (χ2n) is 3.50. The van der Waals surface area contributed by atoms with Gasteiger partial charge in [-0.15, -0.1) is 0 Å². The highest BCUT2D eigenvalue weighted by Gasteiger charge is 2.14. The summed E-state index contributed by atoms with van der Waals surface area (Å²) in [5, 5.41) is 11.6. The summed E-state index contributed by atoms with van der Waals surface area (Å²) in [6.45, 7) is 1.21. The molecule has 0 radical (unpaired) electrons. The highest BCUT2D eigenvalue weighted by atomic mass is 19.3. The fraction of sp³-hybridized carbons (Fsp3) is 0.600. The van der Waals surface area contributed by atoms with E-state index in [0.29, 0.717) is 17.5 Å². The van der Waals surface area contributed by atoms with Gasteiger partial charge in [-0.2, -0.15) is 4.98 Å². The lowest BCUT2D eigenvalue weighted by Crippen LogP contribution is -2.32. The third-order valence-corrected chi connectivity index (χ3v) is 2.12. The summed E-state index contributed by atoms with van der Waals surface area (Å²) in [7, 11) is 1.65. The molecule has 2 N–H and O–H groups in total. The summed E-state index contributed by atoms with van der Waals surface area (Å²) in [4.78, 5) is 9.49. The molecule has 0 aliphatic carbocycles. The van der Waals surface area contributed by atoms with E-state index >= 15 is 0 Å². The molecule has 96 valence electrons. The molecule has 0 spiro atoms. The van der Waals surface area contributed by atoms with Gasteiger partial charge in [-0.25, -0.2) is 13.8 Å². The van der Waals surface area contributed by atoms with Crippen molar-refractivity contribution in [2.75, 3.05) is 37.0 Å². The molecule has 5 nitrogen and oxygen atoms in total. The summed E-state index contributed by atoms with van der Waals surface area (Å²) in [6, 6.07) is 1.61. The quantitative estimate of drug-likeness (QED) is 0.780. The Balaban J connectivity index is 2.95. The van der Waals surface area contributed by atoms with E-state index < -0.39 is 13.0 Å². The molecule has 0 aromatic carbocycles. The van der Waals surface area contributed by atoms with Crippen LogP contribution in [0.4, 0.5) is 20.5 Å². The van der Waals surface area contributed by atoms with Gasteiger partial charge in [0.2, 0.25) is 5.95 Å². The molecule has 1 aromatic rings. The SMILES string of the molecule is CNc1nc(C)cc(N(CCO)CC(F)F)n1. The van der Waals surface area contributed by atoms with Gasteiger partial charge >= 0.3 is 0 Å². The number of rotatable bonds is 6. The number of nitrogens with zero attached hydrogens (tertiary/aromatic N) is 3. The van der Waals surface area contributed by atoms with Crippen LogP contribution in [0.1, 0.15) is 5.69 Å². The van der Waals surface area contributed by atoms with E-state index in [0.717, 1.165) is 0 Å². The third kappa shape index (κ3) is 4.10. The zero-order valence-corrected chi connectivity index (χ0v) is 9.82. The molecule has 0 saturated heterocycles. The number of aliphatic hydroxyl groups excluding tert-OH is 1. The largest absolute Gasteiger partial charge is 0.395 e. The Hall–Kier alpha value is -1.50. The van der Waals surface area contributed by atoms with Crippen molar-refractivity contribution in [3.8, 4) is 0 Å². The van der Waals surface area contributed by atoms with Crippen molar-refractivity contribution in [3.05, 3.63) is 11.8 Å². The number of halogens is 2. The molecule has 0 unspecified atom stereocenters. The lowest BCUT2D eigenvalue weighted by Gasteiger charge is -2.22. The van der Waals surface area contributed by atoms with E-state index in [1.165, 1.54) is 4.90 Å². The fourth-order valence-electron chi connectivity index (χ4n) is 1.41. The van der Waals surface area contributed by atoms with E-state index in [1.807, 2.05) is 0 Å². The van der Waals surface area contributed by atoms with Gasteiger partial charge in [0.1, 0.15) is 5.82 Å². The van der Waals surface area contributed by atoms with E-state index in [9.17, 15) is 8.78 Å². The van der Waals surface area contributed by atoms with Gasteiger partial charge in [0, 0.05) is 25.4 Å². The minimum Gasteiger partial charge on any atom is -0.395 e. The maximum absolute atomic E-state index is 12.4. The van der Waals surface area contributed by atoms with Crippen molar-refractivity contribution in [2.45, 2.75) is 13.3 Å². The predicted octanol–water partition coefficient (Wildman–Crippen LogP) is 0.891. The number of aromatic nitrogens is 2. The van der Waals surface area contributed by atoms with Crippen LogP contribution in [0.5, 0.6) is 0 Å². The molecule has 17 heavy (non-hydrogen) atoms. The Morgan fingerprint density at radius 3 is 2.71 bits per heavy atom. The maximum Gasteiger partial charge on any atom is 0.255 e. The van der Waals surface area contributed by atoms with E-state index in [4.69, 9.17) is 5.11 Å². The summed E-state index contributed by atoms with van der Waals surface area (Å²) in [5.74, 6) is 0.758. The molecule has 0 atom stereocenters. The normalized spacial score (nSPS) is 10.7. The standard InChI is InChI=1S/C10H16F2N4O/c1-7-5-9(15-10(13-2)14-7)16(3-4-17)6-8(11)12/h5,8,17H,3-4,6H2,1-2H3,(H,13,14,15). The highest BCUT2D eigenvalue weighted by molar-refractivity contribution is 5.44. The van der Waals surface area contributed by atoms with Gasteiger partial charge in [0.15, 0.2) is 0 Å². The molecule has 0 aliphatic heterocycles. The number of anilines is 2. The van der Waals surface area contributed by atoms with Crippen LogP contribution in [0.2, 0.25) is 0 Å². The number of hydrogen-bond acceptors (Lipinski definition) is 5. The van der Waals surface area contributed by atoms with Gasteiger partial charge < -0.3 is 15.3 Å². The topological polar surface area (TPSA) is 61.3 Å². The molecule has 0 fully saturated rings. The van der Waals surface area contributed by atoms with Gasteiger partial charge in [0.05, 0.1) is 13.2 Å². The third-order valence-electron chi connectivity index (χ3n) is 2.12. The van der Waals surface area contributed by atoms with Crippen LogP contribution in [0, 0.1) is 6.92 Å². The Morgan fingerprint density at radius 2 is 2.18 bits per heavy atom. The number of hydrogen-bond donors (Lipinski definition) is 2. The molecular formula is C10H16F2N4O. The molecule has 1 heterocycles. The second kappa shape index (κ2) is 6.29. The maximum atomic E-state index is 12.4. The Labute approximate surface area is 98.5 Å². The molecular weight excluding hydrogens is 230 g/mol. The number of aryl methyl sites for hydroxylation is 1. The second-order valence-corrected chi connectivity index (χ2v) is 3.50. The van der Waals surface area contributed by atoms with Crippen LogP contribution in [-0.4, -0.2) is 48.2 Å². The van der Waals surface area contributed by atoms with Crippen molar-refractivity contribution >= 4 is 11.8 Å². The van der Waals surface area contributed by atoms with Crippen molar-refractivity contribution < 1.29 is 13.9 Å². The average molecular weight is 246 g/mol. The van der Waals surface area contributed by atoms with E-state index in [1.54, 1.807) is 20.0 Å². The van der Waals surface area contributed by atoms with Crippen LogP contribution in [-0.2, 0) is 0 Å². The highest BCUT2D eigenvalue weighted by Crippen LogP contribution is 2.15. The van der Waals surface area contributed by atoms with Crippen LogP contribution >= 0.6 is 0 Å². The van der Waals surface area contributed by atoms with Gasteiger partial charge in [-0.05, 0) is 6.92 Å². The lowest BCUT2D eigenvalue weighted by atomic mass is 10.3. The first-order valence-corrected chi connectivity index (χ1v) is 5.24. The monoisotopic (exact) mass is 246 g/mol. The van der Waals surface area contributed by atoms with Crippen LogP contribution < -0.4 is 10.2 Å². The molecule has 0 saturated carbocycles. The molecule has 1 aromatic heterocycles. The minimum absolute atomic E-state index is 0.115. The summed E-state index contributed by atoms with van der Waals surface area (Å²) < 4.78 is 24.8. The van der Waals surface area contributed by atoms with Crippen molar-refractivity contribution in [1.82, 2.24) is 9.97 Å². The van der Waals surface area contributed by atoms with Crippen LogP contribution in [0.15, 0.2) is 6.07 Å². The predicted molar refractivity (Wildman–Crippen MR) is 61.6 cm³/mol. The summed E-state index contributed by atoms with van der Waals surface area (Å²) >= 11 is 0. The number of alkyl halides is 2. The van der Waals surface area contributed by atoms with Crippen LogP contribution in [0.3, 0.4) is 0 Å². The average Bonchev–Trinajstić information content (AvgIpc) is 2.27. The molecule has 7 heteroatoms. The summed E-state index contributed by atoms with van der Waals surface area (Å²) in [6.07, 6.45) is -2.48. The Bertz CT molecular complexity index is 362. The number of aliphatic hydroxyl groups is 1. The zero-order chi connectivity index (χ0) is 12.8. The van der Waals surface area contributed by atoms with E-state index in [-0.39, 0.29) is 13.2 Å². The smallest absolute Gasteiger partial charge is 0.255 e. The fourth-order valence-corrected chi connectivity index (χ4v) is 1.41. The molecule has 1 rings (SSSR count). The first-order valence-electron chi connectivity index (χ1n) is 5.24. The van der Waals surface area contributed by atoms with Gasteiger partial charge in [-0.3, -0.25) is 0 Å². The van der Waals surface area contributed by atoms with Crippen molar-refractivity contribution in [3.63, 3.8) is 0 Å². The first kappa shape index (κ1) is 13.6.